The summed E-state index contributed by atoms with van der Waals surface area (Å²) in [5, 5.41) is 5.82. The van der Waals surface area contributed by atoms with Crippen LogP contribution in [0.1, 0.15) is 0 Å². The van der Waals surface area contributed by atoms with Gasteiger partial charge in [-0.05, 0) is 97.1 Å². The first-order chi connectivity index (χ1) is 40.6. The predicted octanol–water partition coefficient (Wildman–Crippen LogP) is 14.8. The zero-order valence-corrected chi connectivity index (χ0v) is 43.0. The molecule has 378 valence electrons. The van der Waals surface area contributed by atoms with Crippen LogP contribution >= 0.6 is 0 Å². The number of benzene rings is 3. The molecule has 0 saturated carbocycles. The molecule has 0 fully saturated rings. The Balaban J connectivity index is 0.745. The van der Waals surface area contributed by atoms with Crippen LogP contribution in [0.4, 0.5) is 0 Å². The molecule has 0 amide bonds. The molecule has 0 aliphatic carbocycles. The van der Waals surface area contributed by atoms with Gasteiger partial charge in [0.25, 0.3) is 0 Å². The average Bonchev–Trinajstić information content (AvgIpc) is 3.58. The molecule has 3 aromatic carbocycles. The molecule has 0 aliphatic rings. The van der Waals surface area contributed by atoms with Crippen LogP contribution in [-0.2, 0) is 0 Å². The van der Waals surface area contributed by atoms with Crippen LogP contribution in [0.15, 0.2) is 219 Å². The number of nitrogens with zero attached hydrogens (tertiary/aromatic N) is 14. The first-order valence-electron chi connectivity index (χ1n) is 26.6. The molecule has 0 atom stereocenters. The third kappa shape index (κ3) is 7.21. The number of hydrogen-bond acceptors (Lipinski definition) is 14. The third-order valence-electron chi connectivity index (χ3n) is 15.5. The second kappa shape index (κ2) is 18.0. The summed E-state index contributed by atoms with van der Waals surface area (Å²) in [7, 11) is 0. The van der Waals surface area contributed by atoms with Gasteiger partial charge in [-0.15, -0.1) is 0 Å². The van der Waals surface area contributed by atoms with Crippen LogP contribution in [0.25, 0.3) is 177 Å². The molecule has 0 bridgehead atoms. The van der Waals surface area contributed by atoms with Gasteiger partial charge in [0.05, 0.1) is 111 Å². The molecule has 0 aliphatic heterocycles. The SMILES string of the molecule is c1cnc2c(-c3ccc4ccc5ccc(-c6ccnc7c(-c8ccc9ccc%10ccc(-c%11ccnc%12c(-c%13ccc%14ccc%15ccc(-c%16ccnc%17cccnc%16%17)nc%15c%14n%13)ccnc%11%12)nc%10c9n8)ccnc67)nc5c4n3)ccnc2c1. The van der Waals surface area contributed by atoms with Crippen molar-refractivity contribution in [3.05, 3.63) is 219 Å². The Morgan fingerprint density at radius 2 is 0.366 bits per heavy atom. The van der Waals surface area contributed by atoms with E-state index in [1.807, 2.05) is 122 Å². The van der Waals surface area contributed by atoms with Gasteiger partial charge >= 0.3 is 0 Å². The maximum absolute atomic E-state index is 5.38. The van der Waals surface area contributed by atoms with Gasteiger partial charge < -0.3 is 0 Å². The van der Waals surface area contributed by atoms with E-state index in [2.05, 4.69) is 92.7 Å². The van der Waals surface area contributed by atoms with Crippen molar-refractivity contribution in [3.8, 4) is 67.5 Å². The second-order valence-corrected chi connectivity index (χ2v) is 20.1. The topological polar surface area (TPSA) is 180 Å². The van der Waals surface area contributed by atoms with Gasteiger partial charge in [0, 0.05) is 115 Å². The van der Waals surface area contributed by atoms with E-state index in [1.54, 1.807) is 24.8 Å². The largest absolute Gasteiger partial charge is 0.255 e. The number of rotatable bonds is 6. The molecule has 17 rings (SSSR count). The molecule has 14 heterocycles. The fourth-order valence-electron chi connectivity index (χ4n) is 11.5. The van der Waals surface area contributed by atoms with Crippen LogP contribution in [0.5, 0.6) is 0 Å². The van der Waals surface area contributed by atoms with Gasteiger partial charge in [-0.1, -0.05) is 72.8 Å². The van der Waals surface area contributed by atoms with Crippen LogP contribution in [-0.4, -0.2) is 69.8 Å². The van der Waals surface area contributed by atoms with E-state index < -0.39 is 0 Å². The summed E-state index contributed by atoms with van der Waals surface area (Å²) in [6.07, 6.45) is 14.4. The van der Waals surface area contributed by atoms with Gasteiger partial charge in [-0.3, -0.25) is 39.9 Å². The molecule has 14 heteroatoms. The molecule has 14 aromatic heterocycles. The maximum atomic E-state index is 5.38. The lowest BCUT2D eigenvalue weighted by Gasteiger charge is -2.12. The van der Waals surface area contributed by atoms with Gasteiger partial charge in [0.1, 0.15) is 0 Å². The molecular weight excluding hydrogens is 1010 g/mol. The first kappa shape index (κ1) is 45.4. The Hall–Kier alpha value is -11.6. The summed E-state index contributed by atoms with van der Waals surface area (Å²) in [5.41, 5.74) is 20.5. The van der Waals surface area contributed by atoms with E-state index in [0.29, 0.717) is 22.1 Å². The second-order valence-electron chi connectivity index (χ2n) is 20.1. The molecule has 0 saturated heterocycles. The Kier molecular flexibility index (Phi) is 9.94. The lowest BCUT2D eigenvalue weighted by molar-refractivity contribution is 1.30. The zero-order valence-electron chi connectivity index (χ0n) is 43.0. The summed E-state index contributed by atoms with van der Waals surface area (Å²) in [6.45, 7) is 0. The highest BCUT2D eigenvalue weighted by Crippen LogP contribution is 2.38. The van der Waals surface area contributed by atoms with Gasteiger partial charge in [-0.25, -0.2) is 29.9 Å². The molecule has 0 radical (unpaired) electrons. The van der Waals surface area contributed by atoms with E-state index in [0.717, 1.165) is 155 Å². The molecule has 0 unspecified atom stereocenters. The van der Waals surface area contributed by atoms with Gasteiger partial charge in [0.15, 0.2) is 0 Å². The zero-order chi connectivity index (χ0) is 53.8. The minimum atomic E-state index is 0.703. The minimum absolute atomic E-state index is 0.703. The van der Waals surface area contributed by atoms with Crippen LogP contribution in [0, 0.1) is 0 Å². The van der Waals surface area contributed by atoms with Crippen molar-refractivity contribution >= 4 is 110 Å². The normalized spacial score (nSPS) is 11.9. The molecule has 82 heavy (non-hydrogen) atoms. The van der Waals surface area contributed by atoms with Crippen molar-refractivity contribution in [2.75, 3.05) is 0 Å². The van der Waals surface area contributed by atoms with Crippen molar-refractivity contribution in [2.24, 2.45) is 0 Å². The Morgan fingerprint density at radius 3 is 0.622 bits per heavy atom. The van der Waals surface area contributed by atoms with E-state index in [4.69, 9.17) is 49.8 Å². The maximum Gasteiger partial charge on any atom is 0.0987 e. The summed E-state index contributed by atoms with van der Waals surface area (Å²) in [4.78, 5) is 69.9. The quantitative estimate of drug-likeness (QED) is 0.143. The first-order valence-corrected chi connectivity index (χ1v) is 26.6. The Bertz CT molecular complexity index is 5220. The lowest BCUT2D eigenvalue weighted by atomic mass is 10.0. The highest BCUT2D eigenvalue weighted by Gasteiger charge is 2.20. The predicted molar refractivity (Wildman–Crippen MR) is 323 cm³/mol. The molecule has 14 nitrogen and oxygen atoms in total. The van der Waals surface area contributed by atoms with Crippen LogP contribution < -0.4 is 0 Å². The minimum Gasteiger partial charge on any atom is -0.255 e. The Labute approximate surface area is 464 Å². The Morgan fingerprint density at radius 1 is 0.159 bits per heavy atom. The monoisotopic (exact) mass is 1050 g/mol. The van der Waals surface area contributed by atoms with E-state index in [-0.39, 0.29) is 0 Å². The van der Waals surface area contributed by atoms with Crippen LogP contribution in [0.2, 0.25) is 0 Å². The van der Waals surface area contributed by atoms with E-state index >= 15 is 0 Å². The summed E-state index contributed by atoms with van der Waals surface area (Å²) >= 11 is 0. The summed E-state index contributed by atoms with van der Waals surface area (Å²) < 4.78 is 0. The number of hydrogen-bond donors (Lipinski definition) is 0. The summed E-state index contributed by atoms with van der Waals surface area (Å²) in [6, 6.07) is 56.8. The van der Waals surface area contributed by atoms with Crippen molar-refractivity contribution in [1.82, 2.24) is 69.8 Å². The van der Waals surface area contributed by atoms with Crippen LogP contribution in [0.3, 0.4) is 0 Å². The molecule has 0 spiro atoms. The average molecular weight is 1050 g/mol. The van der Waals surface area contributed by atoms with Crippen molar-refractivity contribution in [1.29, 1.82) is 0 Å². The van der Waals surface area contributed by atoms with E-state index in [1.165, 1.54) is 0 Å². The van der Waals surface area contributed by atoms with Crippen molar-refractivity contribution in [2.45, 2.75) is 0 Å². The number of aromatic nitrogens is 14. The van der Waals surface area contributed by atoms with E-state index in [9.17, 15) is 0 Å². The molecule has 0 N–H and O–H groups in total. The fourth-order valence-corrected chi connectivity index (χ4v) is 11.5. The number of fused-ring (bicyclic) bond motifs is 13. The molecular formula is C68H36N14. The highest BCUT2D eigenvalue weighted by molar-refractivity contribution is 6.10. The number of pyridine rings is 14. The fraction of sp³-hybridized carbons (Fsp3) is 0. The third-order valence-corrected chi connectivity index (χ3v) is 15.5. The lowest BCUT2D eigenvalue weighted by Crippen LogP contribution is -1.96. The molecule has 17 aromatic rings. The smallest absolute Gasteiger partial charge is 0.0987 e. The highest BCUT2D eigenvalue weighted by atomic mass is 14.8. The van der Waals surface area contributed by atoms with Gasteiger partial charge in [0.2, 0.25) is 0 Å². The summed E-state index contributed by atoms with van der Waals surface area (Å²) in [5.74, 6) is 0. The van der Waals surface area contributed by atoms with Crippen molar-refractivity contribution < 1.29 is 0 Å². The standard InChI is InChI=1S/C68H36N14/c1-3-55-63(71-29-1)43(23-31-69-55)49-17-11-37-5-7-39-13-19-51(79-59(39)57(37)77-49)45-25-33-75-67-47(27-35-73-65(45)67)53-21-15-41-9-10-42-16-22-54(82-62(42)61(41)81-53)48-28-36-74-66-46(26-34-76-68(48)66)52-20-14-40-8-6-38-12-18-50(78-58(38)60(40)80-52)44-24-32-70-56-4-2-30-72-64(44)56/h1-36H. The van der Waals surface area contributed by atoms with Gasteiger partial charge in [-0.2, -0.15) is 0 Å². The van der Waals surface area contributed by atoms with Crippen molar-refractivity contribution in [3.63, 3.8) is 0 Å².